The highest BCUT2D eigenvalue weighted by molar-refractivity contribution is 8.13. The molecule has 2 aliphatic rings. The van der Waals surface area contributed by atoms with E-state index in [1.54, 1.807) is 18.9 Å². The van der Waals surface area contributed by atoms with E-state index in [9.17, 15) is 4.79 Å². The molecule has 2 heterocycles. The van der Waals surface area contributed by atoms with Gasteiger partial charge in [-0.2, -0.15) is 0 Å². The number of rotatable bonds is 4. The molecule has 4 rings (SSSR count). The summed E-state index contributed by atoms with van der Waals surface area (Å²) >= 11 is 1.62. The zero-order valence-electron chi connectivity index (χ0n) is 15.3. The zero-order valence-corrected chi connectivity index (χ0v) is 16.1. The molecule has 0 aromatic heterocycles. The summed E-state index contributed by atoms with van der Waals surface area (Å²) in [4.78, 5) is 12.3. The number of fused-ring (bicyclic) bond motifs is 1. The fraction of sp³-hybridized carbons (Fsp3) is 0.300. The minimum Gasteiger partial charge on any atom is -0.497 e. The molecule has 27 heavy (non-hydrogen) atoms. The molecule has 2 aromatic rings. The van der Waals surface area contributed by atoms with E-state index in [2.05, 4.69) is 47.1 Å². The predicted octanol–water partition coefficient (Wildman–Crippen LogP) is 2.96. The first kappa shape index (κ1) is 17.9. The van der Waals surface area contributed by atoms with Crippen molar-refractivity contribution in [1.82, 2.24) is 15.9 Å². The number of amidine groups is 1. The van der Waals surface area contributed by atoms with E-state index in [0.29, 0.717) is 6.42 Å². The van der Waals surface area contributed by atoms with E-state index in [1.165, 1.54) is 11.1 Å². The summed E-state index contributed by atoms with van der Waals surface area (Å²) < 4.78 is 5.22. The van der Waals surface area contributed by atoms with Crippen LogP contribution in [0.3, 0.4) is 0 Å². The fourth-order valence-electron chi connectivity index (χ4n) is 3.26. The average Bonchev–Trinajstić information content (AvgIpc) is 3.15. The molecule has 2 aliphatic heterocycles. The van der Waals surface area contributed by atoms with Crippen LogP contribution in [-0.4, -0.2) is 29.2 Å². The highest BCUT2D eigenvalue weighted by Gasteiger charge is 2.41. The maximum absolute atomic E-state index is 12.3. The van der Waals surface area contributed by atoms with Crippen molar-refractivity contribution in [3.63, 3.8) is 0 Å². The van der Waals surface area contributed by atoms with Crippen molar-refractivity contribution in [1.29, 1.82) is 0 Å². The van der Waals surface area contributed by atoms with Gasteiger partial charge in [-0.05, 0) is 36.6 Å². The van der Waals surface area contributed by atoms with E-state index in [4.69, 9.17) is 4.74 Å². The lowest BCUT2D eigenvalue weighted by atomic mass is 10.0. The molecule has 2 aromatic carbocycles. The van der Waals surface area contributed by atoms with Gasteiger partial charge in [0.15, 0.2) is 5.17 Å². The first-order chi connectivity index (χ1) is 13.1. The largest absolute Gasteiger partial charge is 0.497 e. The second kappa shape index (κ2) is 7.62. The van der Waals surface area contributed by atoms with Crippen LogP contribution in [0.5, 0.6) is 5.75 Å². The molecule has 0 aliphatic carbocycles. The van der Waals surface area contributed by atoms with Gasteiger partial charge in [0.25, 0.3) is 5.91 Å². The number of amides is 1. The maximum Gasteiger partial charge on any atom is 0.264 e. The van der Waals surface area contributed by atoms with Crippen molar-refractivity contribution in [3.8, 4) is 5.75 Å². The zero-order chi connectivity index (χ0) is 18.8. The van der Waals surface area contributed by atoms with E-state index in [0.717, 1.165) is 22.2 Å². The van der Waals surface area contributed by atoms with Gasteiger partial charge in [-0.15, -0.1) is 5.10 Å². The molecule has 0 spiro atoms. The van der Waals surface area contributed by atoms with Crippen LogP contribution < -0.4 is 15.6 Å². The van der Waals surface area contributed by atoms with E-state index >= 15 is 0 Å². The summed E-state index contributed by atoms with van der Waals surface area (Å²) in [5, 5.41) is 6.96. The Morgan fingerprint density at radius 3 is 2.63 bits per heavy atom. The van der Waals surface area contributed by atoms with Gasteiger partial charge < -0.3 is 4.74 Å². The van der Waals surface area contributed by atoms with Gasteiger partial charge >= 0.3 is 0 Å². The van der Waals surface area contributed by atoms with Gasteiger partial charge in [0, 0.05) is 5.75 Å². The predicted molar refractivity (Wildman–Crippen MR) is 107 cm³/mol. The van der Waals surface area contributed by atoms with Crippen molar-refractivity contribution in [2.24, 2.45) is 5.10 Å². The number of nitrogens with zero attached hydrogens (tertiary/aromatic N) is 2. The molecule has 6 nitrogen and oxygen atoms in total. The number of ether oxygens (including phenoxy) is 1. The van der Waals surface area contributed by atoms with Crippen LogP contribution in [0.4, 0.5) is 0 Å². The Labute approximate surface area is 162 Å². The van der Waals surface area contributed by atoms with Crippen LogP contribution in [0.1, 0.15) is 29.2 Å². The lowest BCUT2D eigenvalue weighted by molar-refractivity contribution is -0.125. The Morgan fingerprint density at radius 2 is 1.93 bits per heavy atom. The number of nitrogens with one attached hydrogen (secondary N) is 2. The standard InChI is InChI=1S/C20H22N4O2S/c1-13-3-5-14(6-4-13)12-27-20-22-21-19(25)18-11-17(23-24(18)20)15-7-9-16(26-2)10-8-15/h3-10,17-18,23H,11-12H2,1-2H3,(H,21,25). The minimum atomic E-state index is -0.255. The van der Waals surface area contributed by atoms with Crippen LogP contribution >= 0.6 is 11.8 Å². The quantitative estimate of drug-likeness (QED) is 0.851. The molecular weight excluding hydrogens is 360 g/mol. The number of carbonyl (C=O) groups excluding carboxylic acids is 1. The molecule has 2 atom stereocenters. The summed E-state index contributed by atoms with van der Waals surface area (Å²) in [5.41, 5.74) is 9.72. The number of methoxy groups -OCH3 is 1. The summed E-state index contributed by atoms with van der Waals surface area (Å²) in [6.45, 7) is 2.08. The second-order valence-electron chi connectivity index (χ2n) is 6.72. The summed E-state index contributed by atoms with van der Waals surface area (Å²) in [5.74, 6) is 1.55. The van der Waals surface area contributed by atoms with E-state index in [-0.39, 0.29) is 18.0 Å². The third-order valence-corrected chi connectivity index (χ3v) is 5.87. The number of hydrazone groups is 1. The Bertz CT molecular complexity index is 851. The molecule has 2 unspecified atom stereocenters. The SMILES string of the molecule is COc1ccc(C2CC3C(=O)NN=C(SCc4ccc(C)cc4)N3N2)cc1. The van der Waals surface area contributed by atoms with Gasteiger partial charge in [0.2, 0.25) is 0 Å². The van der Waals surface area contributed by atoms with Crippen molar-refractivity contribution in [3.05, 3.63) is 65.2 Å². The highest BCUT2D eigenvalue weighted by Crippen LogP contribution is 2.32. The van der Waals surface area contributed by atoms with Crippen LogP contribution in [0.2, 0.25) is 0 Å². The Morgan fingerprint density at radius 1 is 1.19 bits per heavy atom. The van der Waals surface area contributed by atoms with E-state index < -0.39 is 0 Å². The van der Waals surface area contributed by atoms with Gasteiger partial charge in [0.1, 0.15) is 11.8 Å². The average molecular weight is 382 g/mol. The lowest BCUT2D eigenvalue weighted by Crippen LogP contribution is -2.52. The van der Waals surface area contributed by atoms with Crippen LogP contribution in [0.15, 0.2) is 53.6 Å². The lowest BCUT2D eigenvalue weighted by Gasteiger charge is -2.29. The molecule has 0 saturated carbocycles. The van der Waals surface area contributed by atoms with Gasteiger partial charge in [-0.25, -0.2) is 10.9 Å². The van der Waals surface area contributed by atoms with Crippen LogP contribution in [0.25, 0.3) is 0 Å². The van der Waals surface area contributed by atoms with Gasteiger partial charge in [-0.3, -0.25) is 9.80 Å². The highest BCUT2D eigenvalue weighted by atomic mass is 32.2. The van der Waals surface area contributed by atoms with E-state index in [1.807, 2.05) is 29.3 Å². The molecule has 140 valence electrons. The molecular formula is C20H22N4O2S. The minimum absolute atomic E-state index is 0.0648. The Hall–Kier alpha value is -2.51. The Kier molecular flexibility index (Phi) is 5.05. The third kappa shape index (κ3) is 3.79. The van der Waals surface area contributed by atoms with Crippen molar-refractivity contribution in [2.75, 3.05) is 7.11 Å². The fourth-order valence-corrected chi connectivity index (χ4v) is 4.18. The Balaban J connectivity index is 1.46. The smallest absolute Gasteiger partial charge is 0.264 e. The number of hydrogen-bond acceptors (Lipinski definition) is 6. The maximum atomic E-state index is 12.3. The monoisotopic (exact) mass is 382 g/mol. The molecule has 7 heteroatoms. The summed E-state index contributed by atoms with van der Waals surface area (Å²) in [6, 6.07) is 16.2. The van der Waals surface area contributed by atoms with Gasteiger partial charge in [0.05, 0.1) is 13.2 Å². The normalized spacial score (nSPS) is 21.5. The second-order valence-corrected chi connectivity index (χ2v) is 7.66. The molecule has 1 amide bonds. The molecule has 1 fully saturated rings. The molecule has 0 radical (unpaired) electrons. The van der Waals surface area contributed by atoms with Crippen molar-refractivity contribution >= 4 is 22.8 Å². The molecule has 2 N–H and O–H groups in total. The van der Waals surface area contributed by atoms with Gasteiger partial charge in [-0.1, -0.05) is 53.7 Å². The number of carbonyl (C=O) groups is 1. The number of benzene rings is 2. The number of aryl methyl sites for hydroxylation is 1. The molecule has 1 saturated heterocycles. The summed E-state index contributed by atoms with van der Waals surface area (Å²) in [6.07, 6.45) is 0.697. The number of thioether (sulfide) groups is 1. The summed E-state index contributed by atoms with van der Waals surface area (Å²) in [7, 11) is 1.65. The van der Waals surface area contributed by atoms with Crippen molar-refractivity contribution < 1.29 is 9.53 Å². The van der Waals surface area contributed by atoms with Crippen molar-refractivity contribution in [2.45, 2.75) is 31.2 Å². The number of hydrogen-bond donors (Lipinski definition) is 2. The number of hydrazine groups is 1. The van der Waals surface area contributed by atoms with Crippen LogP contribution in [0, 0.1) is 6.92 Å². The first-order valence-electron chi connectivity index (χ1n) is 8.89. The molecule has 0 bridgehead atoms. The first-order valence-corrected chi connectivity index (χ1v) is 9.88. The topological polar surface area (TPSA) is 66.0 Å². The van der Waals surface area contributed by atoms with Crippen LogP contribution in [-0.2, 0) is 10.5 Å². The third-order valence-electron chi connectivity index (χ3n) is 4.84.